The maximum atomic E-state index is 9.23. The minimum atomic E-state index is 0.0786. The first-order valence-corrected chi connectivity index (χ1v) is 5.18. The van der Waals surface area contributed by atoms with Crippen molar-refractivity contribution >= 4 is 0 Å². The fraction of sp³-hybridized carbons (Fsp3) is 0.500. The quantitative estimate of drug-likeness (QED) is 0.750. The molecule has 2 heteroatoms. The Morgan fingerprint density at radius 1 is 1.43 bits per heavy atom. The number of rotatable bonds is 5. The van der Waals surface area contributed by atoms with E-state index in [1.54, 1.807) is 0 Å². The standard InChI is InChI=1S/C12H19NO/c1-3-7-13-12(9-14)11-6-4-5-10(2)8-11/h4-6,8,12-14H,3,7,9H2,1-2H3/t12-/m1/s1. The van der Waals surface area contributed by atoms with Crippen LogP contribution in [0.2, 0.25) is 0 Å². The zero-order valence-corrected chi connectivity index (χ0v) is 8.96. The van der Waals surface area contributed by atoms with Crippen molar-refractivity contribution in [2.75, 3.05) is 13.2 Å². The second-order valence-electron chi connectivity index (χ2n) is 3.60. The summed E-state index contributed by atoms with van der Waals surface area (Å²) in [6.45, 7) is 5.29. The zero-order valence-electron chi connectivity index (χ0n) is 8.96. The fourth-order valence-corrected chi connectivity index (χ4v) is 1.49. The third-order valence-corrected chi connectivity index (χ3v) is 2.27. The molecule has 0 radical (unpaired) electrons. The van der Waals surface area contributed by atoms with Gasteiger partial charge in [-0.15, -0.1) is 0 Å². The lowest BCUT2D eigenvalue weighted by Gasteiger charge is -2.16. The molecule has 0 amide bonds. The summed E-state index contributed by atoms with van der Waals surface area (Å²) in [7, 11) is 0. The summed E-state index contributed by atoms with van der Waals surface area (Å²) in [5.41, 5.74) is 2.40. The Morgan fingerprint density at radius 2 is 2.21 bits per heavy atom. The van der Waals surface area contributed by atoms with Crippen LogP contribution in [0.15, 0.2) is 24.3 Å². The number of aliphatic hydroxyl groups is 1. The molecular formula is C12H19NO. The molecule has 2 nitrogen and oxygen atoms in total. The molecule has 1 atom stereocenters. The normalized spacial score (nSPS) is 12.8. The fourth-order valence-electron chi connectivity index (χ4n) is 1.49. The first kappa shape index (κ1) is 11.2. The van der Waals surface area contributed by atoms with Crippen LogP contribution >= 0.6 is 0 Å². The van der Waals surface area contributed by atoms with E-state index >= 15 is 0 Å². The molecule has 1 rings (SSSR count). The van der Waals surface area contributed by atoms with Crippen LogP contribution in [0.5, 0.6) is 0 Å². The zero-order chi connectivity index (χ0) is 10.4. The van der Waals surface area contributed by atoms with Crippen molar-refractivity contribution in [1.82, 2.24) is 5.32 Å². The second kappa shape index (κ2) is 5.78. The molecular weight excluding hydrogens is 174 g/mol. The van der Waals surface area contributed by atoms with Crippen LogP contribution in [0.3, 0.4) is 0 Å². The van der Waals surface area contributed by atoms with Crippen molar-refractivity contribution < 1.29 is 5.11 Å². The lowest BCUT2D eigenvalue weighted by atomic mass is 10.1. The molecule has 1 aromatic rings. The minimum absolute atomic E-state index is 0.0786. The number of hydrogen-bond donors (Lipinski definition) is 2. The van der Waals surface area contributed by atoms with Crippen molar-refractivity contribution in [1.29, 1.82) is 0 Å². The highest BCUT2D eigenvalue weighted by atomic mass is 16.3. The van der Waals surface area contributed by atoms with Gasteiger partial charge in [0.25, 0.3) is 0 Å². The van der Waals surface area contributed by atoms with E-state index < -0.39 is 0 Å². The Balaban J connectivity index is 2.68. The molecule has 0 aromatic heterocycles. The van der Waals surface area contributed by atoms with Gasteiger partial charge in [-0.25, -0.2) is 0 Å². The van der Waals surface area contributed by atoms with Gasteiger partial charge in [0.05, 0.1) is 12.6 Å². The van der Waals surface area contributed by atoms with Crippen molar-refractivity contribution in [3.63, 3.8) is 0 Å². The van der Waals surface area contributed by atoms with Gasteiger partial charge in [-0.2, -0.15) is 0 Å². The Morgan fingerprint density at radius 3 is 2.79 bits per heavy atom. The van der Waals surface area contributed by atoms with E-state index in [0.29, 0.717) is 0 Å². The lowest BCUT2D eigenvalue weighted by molar-refractivity contribution is 0.245. The van der Waals surface area contributed by atoms with E-state index in [9.17, 15) is 5.11 Å². The van der Waals surface area contributed by atoms with Crippen LogP contribution < -0.4 is 5.32 Å². The van der Waals surface area contributed by atoms with Crippen molar-refractivity contribution in [2.45, 2.75) is 26.3 Å². The molecule has 78 valence electrons. The SMILES string of the molecule is CCCN[C@H](CO)c1cccc(C)c1. The van der Waals surface area contributed by atoms with Crippen LogP contribution in [0.4, 0.5) is 0 Å². The predicted octanol–water partition coefficient (Wildman–Crippen LogP) is 2.03. The third kappa shape index (κ3) is 3.13. The Kier molecular flexibility index (Phi) is 4.63. The molecule has 0 aliphatic heterocycles. The van der Waals surface area contributed by atoms with Crippen LogP contribution in [0.1, 0.15) is 30.5 Å². The first-order chi connectivity index (χ1) is 6.77. The maximum Gasteiger partial charge on any atom is 0.0626 e. The number of benzene rings is 1. The molecule has 0 fully saturated rings. The summed E-state index contributed by atoms with van der Waals surface area (Å²) >= 11 is 0. The smallest absolute Gasteiger partial charge is 0.0626 e. The summed E-state index contributed by atoms with van der Waals surface area (Å²) in [5, 5.41) is 12.5. The third-order valence-electron chi connectivity index (χ3n) is 2.27. The average molecular weight is 193 g/mol. The molecule has 0 bridgehead atoms. The highest BCUT2D eigenvalue weighted by molar-refractivity contribution is 5.25. The number of hydrogen-bond acceptors (Lipinski definition) is 2. The summed E-state index contributed by atoms with van der Waals surface area (Å²) in [6, 6.07) is 8.34. The van der Waals surface area contributed by atoms with Gasteiger partial charge in [0, 0.05) is 0 Å². The maximum absolute atomic E-state index is 9.23. The van der Waals surface area contributed by atoms with Gasteiger partial charge in [-0.3, -0.25) is 0 Å². The molecule has 0 saturated heterocycles. The monoisotopic (exact) mass is 193 g/mol. The molecule has 14 heavy (non-hydrogen) atoms. The molecule has 0 unspecified atom stereocenters. The summed E-state index contributed by atoms with van der Waals surface area (Å²) in [4.78, 5) is 0. The molecule has 0 aliphatic rings. The van der Waals surface area contributed by atoms with E-state index in [1.165, 1.54) is 11.1 Å². The van der Waals surface area contributed by atoms with E-state index in [1.807, 2.05) is 6.07 Å². The van der Waals surface area contributed by atoms with Gasteiger partial charge in [-0.1, -0.05) is 36.8 Å². The number of aryl methyl sites for hydroxylation is 1. The van der Waals surface area contributed by atoms with Crippen LogP contribution in [-0.2, 0) is 0 Å². The lowest BCUT2D eigenvalue weighted by Crippen LogP contribution is -2.25. The largest absolute Gasteiger partial charge is 0.394 e. The van der Waals surface area contributed by atoms with Crippen LogP contribution in [0, 0.1) is 6.92 Å². The van der Waals surface area contributed by atoms with Gasteiger partial charge in [0.15, 0.2) is 0 Å². The van der Waals surface area contributed by atoms with Crippen molar-refractivity contribution in [2.24, 2.45) is 0 Å². The summed E-state index contributed by atoms with van der Waals surface area (Å²) < 4.78 is 0. The van der Waals surface area contributed by atoms with Gasteiger partial charge in [0.1, 0.15) is 0 Å². The Bertz CT molecular complexity index is 273. The van der Waals surface area contributed by atoms with Gasteiger partial charge < -0.3 is 10.4 Å². The second-order valence-corrected chi connectivity index (χ2v) is 3.60. The van der Waals surface area contributed by atoms with E-state index in [4.69, 9.17) is 0 Å². The Labute approximate surface area is 86.0 Å². The average Bonchev–Trinajstić information content (AvgIpc) is 2.19. The van der Waals surface area contributed by atoms with E-state index in [-0.39, 0.29) is 12.6 Å². The topological polar surface area (TPSA) is 32.3 Å². The molecule has 0 spiro atoms. The molecule has 0 aliphatic carbocycles. The van der Waals surface area contributed by atoms with E-state index in [2.05, 4.69) is 37.4 Å². The molecule has 1 aromatic carbocycles. The number of aliphatic hydroxyl groups excluding tert-OH is 1. The van der Waals surface area contributed by atoms with Crippen LogP contribution in [-0.4, -0.2) is 18.3 Å². The van der Waals surface area contributed by atoms with Crippen LogP contribution in [0.25, 0.3) is 0 Å². The summed E-state index contributed by atoms with van der Waals surface area (Å²) in [5.74, 6) is 0. The predicted molar refractivity (Wildman–Crippen MR) is 59.3 cm³/mol. The van der Waals surface area contributed by atoms with E-state index in [0.717, 1.165) is 13.0 Å². The van der Waals surface area contributed by atoms with Crippen molar-refractivity contribution in [3.05, 3.63) is 35.4 Å². The highest BCUT2D eigenvalue weighted by Gasteiger charge is 2.08. The molecule has 0 saturated carbocycles. The molecule has 0 heterocycles. The van der Waals surface area contributed by atoms with Gasteiger partial charge >= 0.3 is 0 Å². The summed E-state index contributed by atoms with van der Waals surface area (Å²) in [6.07, 6.45) is 1.09. The van der Waals surface area contributed by atoms with Crippen molar-refractivity contribution in [3.8, 4) is 0 Å². The highest BCUT2D eigenvalue weighted by Crippen LogP contribution is 2.13. The van der Waals surface area contributed by atoms with Gasteiger partial charge in [-0.05, 0) is 25.5 Å². The first-order valence-electron chi connectivity index (χ1n) is 5.18. The van der Waals surface area contributed by atoms with Gasteiger partial charge in [0.2, 0.25) is 0 Å². The molecule has 2 N–H and O–H groups in total. The minimum Gasteiger partial charge on any atom is -0.394 e. The number of nitrogens with one attached hydrogen (secondary N) is 1. The Hall–Kier alpha value is -0.860.